The zero-order valence-corrected chi connectivity index (χ0v) is 18.8. The van der Waals surface area contributed by atoms with E-state index in [0.717, 1.165) is 34.5 Å². The molecule has 1 saturated heterocycles. The Morgan fingerprint density at radius 1 is 1.12 bits per heavy atom. The number of amides is 2. The van der Waals surface area contributed by atoms with E-state index in [0.29, 0.717) is 25.3 Å². The van der Waals surface area contributed by atoms with E-state index in [4.69, 9.17) is 0 Å². The number of benzene rings is 2. The van der Waals surface area contributed by atoms with Gasteiger partial charge in [0.15, 0.2) is 0 Å². The normalized spacial score (nSPS) is 14.4. The van der Waals surface area contributed by atoms with Crippen LogP contribution in [0.25, 0.3) is 0 Å². The highest BCUT2D eigenvalue weighted by molar-refractivity contribution is 7.09. The number of nitrogens with zero attached hydrogens (tertiary/aromatic N) is 2. The first-order valence-electron chi connectivity index (χ1n) is 10.8. The Balaban J connectivity index is 1.27. The number of carbonyl (C=O) groups is 2. The number of rotatable bonds is 6. The van der Waals surface area contributed by atoms with E-state index >= 15 is 0 Å². The van der Waals surface area contributed by atoms with Crippen LogP contribution in [0.3, 0.4) is 0 Å². The van der Waals surface area contributed by atoms with Crippen LogP contribution in [0.15, 0.2) is 53.9 Å². The Labute approximate surface area is 191 Å². The predicted molar refractivity (Wildman–Crippen MR) is 123 cm³/mol. The summed E-state index contributed by atoms with van der Waals surface area (Å²) >= 11 is 1.51. The van der Waals surface area contributed by atoms with Crippen LogP contribution < -0.4 is 5.32 Å². The third-order valence-corrected chi connectivity index (χ3v) is 6.76. The number of hydrogen-bond donors (Lipinski definition) is 1. The number of carbonyl (C=O) groups excluding carboxylic acids is 2. The highest BCUT2D eigenvalue weighted by Gasteiger charge is 2.26. The minimum absolute atomic E-state index is 0.0606. The Morgan fingerprint density at radius 2 is 1.88 bits per heavy atom. The second-order valence-corrected chi connectivity index (χ2v) is 9.09. The van der Waals surface area contributed by atoms with Crippen LogP contribution in [0.5, 0.6) is 0 Å². The van der Waals surface area contributed by atoms with Crippen LogP contribution in [0.1, 0.15) is 50.9 Å². The summed E-state index contributed by atoms with van der Waals surface area (Å²) in [4.78, 5) is 31.5. The summed E-state index contributed by atoms with van der Waals surface area (Å²) in [6, 6.07) is 14.1. The second-order valence-electron chi connectivity index (χ2n) is 8.20. The van der Waals surface area contributed by atoms with Crippen molar-refractivity contribution in [1.82, 2.24) is 15.2 Å². The second kappa shape index (κ2) is 10.0. The zero-order valence-electron chi connectivity index (χ0n) is 18.0. The van der Waals surface area contributed by atoms with Crippen molar-refractivity contribution in [1.29, 1.82) is 0 Å². The van der Waals surface area contributed by atoms with Gasteiger partial charge in [0.05, 0.1) is 11.4 Å². The van der Waals surface area contributed by atoms with E-state index in [1.54, 1.807) is 12.1 Å². The summed E-state index contributed by atoms with van der Waals surface area (Å²) in [7, 11) is 0. The van der Waals surface area contributed by atoms with E-state index in [9.17, 15) is 14.0 Å². The topological polar surface area (TPSA) is 62.3 Å². The summed E-state index contributed by atoms with van der Waals surface area (Å²) in [5, 5.41) is 5.70. The first-order chi connectivity index (χ1) is 15.5. The molecule has 0 radical (unpaired) electrons. The van der Waals surface area contributed by atoms with Gasteiger partial charge in [-0.05, 0) is 43.0 Å². The maximum absolute atomic E-state index is 13.0. The van der Waals surface area contributed by atoms with Gasteiger partial charge in [0.25, 0.3) is 5.91 Å². The van der Waals surface area contributed by atoms with Crippen LogP contribution in [-0.4, -0.2) is 34.8 Å². The van der Waals surface area contributed by atoms with Gasteiger partial charge in [-0.15, -0.1) is 11.3 Å². The molecule has 0 saturated carbocycles. The molecule has 0 spiro atoms. The molecule has 4 rings (SSSR count). The average molecular weight is 452 g/mol. The Morgan fingerprint density at radius 3 is 2.59 bits per heavy atom. The van der Waals surface area contributed by atoms with Crippen molar-refractivity contribution in [2.24, 2.45) is 0 Å². The van der Waals surface area contributed by atoms with Gasteiger partial charge in [0, 0.05) is 30.9 Å². The van der Waals surface area contributed by atoms with Crippen molar-refractivity contribution in [3.63, 3.8) is 0 Å². The lowest BCUT2D eigenvalue weighted by Gasteiger charge is -2.31. The van der Waals surface area contributed by atoms with E-state index in [2.05, 4.69) is 16.4 Å². The van der Waals surface area contributed by atoms with E-state index in [1.165, 1.54) is 23.5 Å². The monoisotopic (exact) mass is 451 g/mol. The molecule has 166 valence electrons. The molecule has 32 heavy (non-hydrogen) atoms. The number of thiazole rings is 1. The van der Waals surface area contributed by atoms with E-state index in [-0.39, 0.29) is 30.0 Å². The van der Waals surface area contributed by atoms with Crippen LogP contribution in [0, 0.1) is 12.7 Å². The van der Waals surface area contributed by atoms with Crippen molar-refractivity contribution in [3.8, 4) is 0 Å². The lowest BCUT2D eigenvalue weighted by Crippen LogP contribution is -2.38. The molecule has 1 aliphatic heterocycles. The van der Waals surface area contributed by atoms with Gasteiger partial charge < -0.3 is 10.2 Å². The number of aromatic nitrogens is 1. The molecule has 2 aromatic carbocycles. The van der Waals surface area contributed by atoms with Crippen LogP contribution >= 0.6 is 11.3 Å². The highest BCUT2D eigenvalue weighted by Crippen LogP contribution is 2.30. The number of hydrogen-bond acceptors (Lipinski definition) is 4. The Bertz CT molecular complexity index is 1090. The molecular weight excluding hydrogens is 425 g/mol. The van der Waals surface area contributed by atoms with Gasteiger partial charge in [0.2, 0.25) is 5.91 Å². The van der Waals surface area contributed by atoms with Crippen LogP contribution in [-0.2, 0) is 17.8 Å². The summed E-state index contributed by atoms with van der Waals surface area (Å²) in [5.41, 5.74) is 3.49. The van der Waals surface area contributed by atoms with E-state index < -0.39 is 0 Å². The summed E-state index contributed by atoms with van der Waals surface area (Å²) in [6.45, 7) is 3.83. The van der Waals surface area contributed by atoms with E-state index in [1.807, 2.05) is 35.4 Å². The number of nitrogens with one attached hydrogen (secondary N) is 1. The van der Waals surface area contributed by atoms with Gasteiger partial charge >= 0.3 is 0 Å². The number of halogens is 1. The summed E-state index contributed by atoms with van der Waals surface area (Å²) in [6.07, 6.45) is 1.94. The standard InChI is InChI=1S/C25H26FN3O2S/c1-17-3-2-4-19(13-17)15-27-24(31)22-16-32-25(28-22)20-9-11-29(12-10-20)23(30)14-18-5-7-21(26)8-6-18/h2-8,13,16,20H,9-12,14-15H2,1H3,(H,27,31). The van der Waals surface area contributed by atoms with Crippen molar-refractivity contribution in [3.05, 3.63) is 87.1 Å². The maximum atomic E-state index is 13.0. The minimum atomic E-state index is -0.298. The Kier molecular flexibility index (Phi) is 6.95. The van der Waals surface area contributed by atoms with Gasteiger partial charge in [-0.25, -0.2) is 9.37 Å². The van der Waals surface area contributed by atoms with Crippen molar-refractivity contribution >= 4 is 23.2 Å². The molecule has 1 fully saturated rings. The minimum Gasteiger partial charge on any atom is -0.347 e. The third-order valence-electron chi connectivity index (χ3n) is 5.76. The third kappa shape index (κ3) is 5.59. The fourth-order valence-corrected chi connectivity index (χ4v) is 4.91. The molecule has 2 amide bonds. The van der Waals surface area contributed by atoms with Gasteiger partial charge in [-0.1, -0.05) is 42.0 Å². The van der Waals surface area contributed by atoms with Crippen molar-refractivity contribution in [2.75, 3.05) is 13.1 Å². The fraction of sp³-hybridized carbons (Fsp3) is 0.320. The first-order valence-corrected chi connectivity index (χ1v) is 11.7. The first kappa shape index (κ1) is 22.1. The quantitative estimate of drug-likeness (QED) is 0.602. The molecule has 0 unspecified atom stereocenters. The molecule has 7 heteroatoms. The average Bonchev–Trinajstić information content (AvgIpc) is 3.30. The fourth-order valence-electron chi connectivity index (χ4n) is 3.94. The van der Waals surface area contributed by atoms with Crippen LogP contribution in [0.4, 0.5) is 4.39 Å². The Hall–Kier alpha value is -3.06. The molecule has 1 N–H and O–H groups in total. The summed E-state index contributed by atoms with van der Waals surface area (Å²) in [5.74, 6) is -0.145. The van der Waals surface area contributed by atoms with Gasteiger partial charge in [-0.2, -0.15) is 0 Å². The molecule has 0 aliphatic carbocycles. The maximum Gasteiger partial charge on any atom is 0.271 e. The lowest BCUT2D eigenvalue weighted by molar-refractivity contribution is -0.131. The molecule has 2 heterocycles. The summed E-state index contributed by atoms with van der Waals surface area (Å²) < 4.78 is 13.0. The van der Waals surface area contributed by atoms with Crippen LogP contribution in [0.2, 0.25) is 0 Å². The molecule has 0 bridgehead atoms. The van der Waals surface area contributed by atoms with Gasteiger partial charge in [0.1, 0.15) is 11.5 Å². The van der Waals surface area contributed by atoms with Crippen molar-refractivity contribution < 1.29 is 14.0 Å². The number of aryl methyl sites for hydroxylation is 1. The zero-order chi connectivity index (χ0) is 22.5. The molecule has 1 aromatic heterocycles. The lowest BCUT2D eigenvalue weighted by atomic mass is 9.97. The molecular formula is C25H26FN3O2S. The predicted octanol–water partition coefficient (Wildman–Crippen LogP) is 4.47. The van der Waals surface area contributed by atoms with Gasteiger partial charge in [-0.3, -0.25) is 9.59 Å². The molecule has 0 atom stereocenters. The molecule has 3 aromatic rings. The molecule has 5 nitrogen and oxygen atoms in total. The highest BCUT2D eigenvalue weighted by atomic mass is 32.1. The molecule has 1 aliphatic rings. The largest absolute Gasteiger partial charge is 0.347 e. The number of likely N-dealkylation sites (tertiary alicyclic amines) is 1. The SMILES string of the molecule is Cc1cccc(CNC(=O)c2csc(C3CCN(C(=O)Cc4ccc(F)cc4)CC3)n2)c1. The smallest absolute Gasteiger partial charge is 0.271 e. The number of piperidine rings is 1. The van der Waals surface area contributed by atoms with Crippen molar-refractivity contribution in [2.45, 2.75) is 38.6 Å².